The van der Waals surface area contributed by atoms with Crippen LogP contribution in [-0.4, -0.2) is 12.0 Å². The molecule has 0 aliphatic carbocycles. The van der Waals surface area contributed by atoms with Crippen LogP contribution in [0.1, 0.15) is 16.7 Å². The van der Waals surface area contributed by atoms with E-state index in [9.17, 15) is 10.1 Å². The molecule has 0 aliphatic rings. The molecule has 0 fully saturated rings. The molecule has 21 heavy (non-hydrogen) atoms. The first kappa shape index (κ1) is 14.8. The first-order valence-corrected chi connectivity index (χ1v) is 6.67. The average Bonchev–Trinajstić information content (AvgIpc) is 2.46. The summed E-state index contributed by atoms with van der Waals surface area (Å²) in [5, 5.41) is 13.9. The Hall–Kier alpha value is -2.56. The van der Waals surface area contributed by atoms with E-state index in [1.165, 1.54) is 0 Å². The van der Waals surface area contributed by atoms with E-state index in [1.54, 1.807) is 19.2 Å². The van der Waals surface area contributed by atoms with E-state index in [0.29, 0.717) is 12.3 Å². The molecule has 2 aromatic rings. The molecule has 5 heteroatoms. The maximum absolute atomic E-state index is 11.0. The number of nitrogens with one attached hydrogen (secondary N) is 1. The predicted molar refractivity (Wildman–Crippen MR) is 82.9 cm³/mol. The van der Waals surface area contributed by atoms with Gasteiger partial charge in [0.1, 0.15) is 18.0 Å². The van der Waals surface area contributed by atoms with E-state index in [2.05, 4.69) is 5.32 Å². The van der Waals surface area contributed by atoms with Crippen LogP contribution in [0.15, 0.2) is 36.4 Å². The molecule has 0 amide bonds. The number of anilines is 1. The van der Waals surface area contributed by atoms with Crippen LogP contribution in [0.25, 0.3) is 0 Å². The van der Waals surface area contributed by atoms with Gasteiger partial charge < -0.3 is 10.1 Å². The zero-order chi connectivity index (χ0) is 15.4. The zero-order valence-corrected chi connectivity index (χ0v) is 12.3. The second-order valence-electron chi connectivity index (χ2n) is 4.87. The number of ether oxygens (including phenoxy) is 1. The van der Waals surface area contributed by atoms with E-state index in [0.717, 1.165) is 22.4 Å². The molecule has 1 N–H and O–H groups in total. The SMILES string of the molecule is CNc1ccc(COc2c(C)cccc2C)cc1[N+](=O)[O-]. The highest BCUT2D eigenvalue weighted by molar-refractivity contribution is 5.62. The number of nitrogens with zero attached hydrogens (tertiary/aromatic N) is 1. The Morgan fingerprint density at radius 1 is 1.19 bits per heavy atom. The van der Waals surface area contributed by atoms with Crippen LogP contribution >= 0.6 is 0 Å². The van der Waals surface area contributed by atoms with Crippen LogP contribution in [0.3, 0.4) is 0 Å². The second-order valence-corrected chi connectivity index (χ2v) is 4.87. The summed E-state index contributed by atoms with van der Waals surface area (Å²) >= 11 is 0. The summed E-state index contributed by atoms with van der Waals surface area (Å²) in [5.74, 6) is 0.831. The number of aryl methyl sites for hydroxylation is 2. The van der Waals surface area contributed by atoms with Gasteiger partial charge in [0.15, 0.2) is 0 Å². The molecular formula is C16H18N2O3. The largest absolute Gasteiger partial charge is 0.488 e. The van der Waals surface area contributed by atoms with Gasteiger partial charge in [-0.25, -0.2) is 0 Å². The van der Waals surface area contributed by atoms with Gasteiger partial charge in [-0.15, -0.1) is 0 Å². The fourth-order valence-electron chi connectivity index (χ4n) is 2.21. The lowest BCUT2D eigenvalue weighted by Gasteiger charge is -2.12. The summed E-state index contributed by atoms with van der Waals surface area (Å²) in [7, 11) is 1.66. The van der Waals surface area contributed by atoms with Crippen LogP contribution in [-0.2, 0) is 6.61 Å². The van der Waals surface area contributed by atoms with Crippen molar-refractivity contribution in [3.05, 3.63) is 63.2 Å². The van der Waals surface area contributed by atoms with E-state index in [4.69, 9.17) is 4.74 Å². The Labute approximate surface area is 123 Å². The van der Waals surface area contributed by atoms with Crippen LogP contribution in [0, 0.1) is 24.0 Å². The van der Waals surface area contributed by atoms with Crippen molar-refractivity contribution in [3.63, 3.8) is 0 Å². The van der Waals surface area contributed by atoms with Crippen LogP contribution in [0.2, 0.25) is 0 Å². The van der Waals surface area contributed by atoms with Crippen LogP contribution < -0.4 is 10.1 Å². The quantitative estimate of drug-likeness (QED) is 0.670. The third-order valence-corrected chi connectivity index (χ3v) is 3.32. The van der Waals surface area contributed by atoms with Crippen molar-refractivity contribution in [1.82, 2.24) is 0 Å². The number of nitro benzene ring substituents is 1. The molecule has 2 rings (SSSR count). The molecule has 0 radical (unpaired) electrons. The minimum absolute atomic E-state index is 0.0557. The van der Waals surface area contributed by atoms with Gasteiger partial charge in [0.25, 0.3) is 5.69 Å². The molecule has 5 nitrogen and oxygen atoms in total. The van der Waals surface area contributed by atoms with Gasteiger partial charge in [0, 0.05) is 13.1 Å². The van der Waals surface area contributed by atoms with Gasteiger partial charge in [-0.3, -0.25) is 10.1 Å². The van der Waals surface area contributed by atoms with Gasteiger partial charge in [0.05, 0.1) is 4.92 Å². The Bertz CT molecular complexity index is 648. The fraction of sp³-hybridized carbons (Fsp3) is 0.250. The lowest BCUT2D eigenvalue weighted by molar-refractivity contribution is -0.384. The van der Waals surface area contributed by atoms with Gasteiger partial charge >= 0.3 is 0 Å². The van der Waals surface area contributed by atoms with Crippen LogP contribution in [0.4, 0.5) is 11.4 Å². The predicted octanol–water partition coefficient (Wildman–Crippen LogP) is 3.83. The van der Waals surface area contributed by atoms with E-state index < -0.39 is 4.92 Å². The van der Waals surface area contributed by atoms with Gasteiger partial charge in [-0.05, 0) is 36.6 Å². The molecule has 0 saturated carbocycles. The first-order chi connectivity index (χ1) is 10.0. The second kappa shape index (κ2) is 6.26. The van der Waals surface area contributed by atoms with Crippen molar-refractivity contribution in [2.45, 2.75) is 20.5 Å². The summed E-state index contributed by atoms with van der Waals surface area (Å²) in [6.07, 6.45) is 0. The number of hydrogen-bond acceptors (Lipinski definition) is 4. The monoisotopic (exact) mass is 286 g/mol. The molecule has 0 atom stereocenters. The summed E-state index contributed by atoms with van der Waals surface area (Å²) in [6, 6.07) is 11.0. The van der Waals surface area contributed by atoms with Crippen molar-refractivity contribution in [2.75, 3.05) is 12.4 Å². The van der Waals surface area contributed by atoms with Crippen molar-refractivity contribution in [2.24, 2.45) is 0 Å². The normalized spacial score (nSPS) is 10.2. The van der Waals surface area contributed by atoms with Crippen molar-refractivity contribution in [3.8, 4) is 5.75 Å². The fourth-order valence-corrected chi connectivity index (χ4v) is 2.21. The maximum Gasteiger partial charge on any atom is 0.292 e. The average molecular weight is 286 g/mol. The summed E-state index contributed by atoms with van der Waals surface area (Å²) in [6.45, 7) is 4.26. The Kier molecular flexibility index (Phi) is 4.42. The summed E-state index contributed by atoms with van der Waals surface area (Å²) in [4.78, 5) is 10.6. The van der Waals surface area contributed by atoms with Gasteiger partial charge in [-0.1, -0.05) is 24.3 Å². The number of rotatable bonds is 5. The molecule has 0 bridgehead atoms. The Morgan fingerprint density at radius 3 is 2.43 bits per heavy atom. The summed E-state index contributed by atoms with van der Waals surface area (Å²) in [5.41, 5.74) is 3.42. The first-order valence-electron chi connectivity index (χ1n) is 6.67. The van der Waals surface area contributed by atoms with Gasteiger partial charge in [0.2, 0.25) is 0 Å². The van der Waals surface area contributed by atoms with E-state index in [1.807, 2.05) is 38.1 Å². The molecule has 0 heterocycles. The molecule has 0 aromatic heterocycles. The standard InChI is InChI=1S/C16H18N2O3/c1-11-5-4-6-12(2)16(11)21-10-13-7-8-14(17-3)15(9-13)18(19)20/h4-9,17H,10H2,1-3H3. The number of hydrogen-bond donors (Lipinski definition) is 1. The van der Waals surface area contributed by atoms with Crippen LogP contribution in [0.5, 0.6) is 5.75 Å². The van der Waals surface area contributed by atoms with E-state index in [-0.39, 0.29) is 5.69 Å². The minimum Gasteiger partial charge on any atom is -0.488 e. The topological polar surface area (TPSA) is 64.4 Å². The van der Waals surface area contributed by atoms with Gasteiger partial charge in [-0.2, -0.15) is 0 Å². The zero-order valence-electron chi connectivity index (χ0n) is 12.3. The lowest BCUT2D eigenvalue weighted by Crippen LogP contribution is -2.02. The highest BCUT2D eigenvalue weighted by atomic mass is 16.6. The number of nitro groups is 1. The molecule has 0 spiro atoms. The molecule has 0 aliphatic heterocycles. The number of para-hydroxylation sites is 1. The third-order valence-electron chi connectivity index (χ3n) is 3.32. The molecule has 2 aromatic carbocycles. The Morgan fingerprint density at radius 2 is 1.86 bits per heavy atom. The molecule has 110 valence electrons. The molecular weight excluding hydrogens is 268 g/mol. The van der Waals surface area contributed by atoms with E-state index >= 15 is 0 Å². The lowest BCUT2D eigenvalue weighted by atomic mass is 10.1. The van der Waals surface area contributed by atoms with Crippen molar-refractivity contribution < 1.29 is 9.66 Å². The highest BCUT2D eigenvalue weighted by Crippen LogP contribution is 2.27. The smallest absolute Gasteiger partial charge is 0.292 e. The third kappa shape index (κ3) is 3.31. The number of benzene rings is 2. The molecule has 0 saturated heterocycles. The summed E-state index contributed by atoms with van der Waals surface area (Å²) < 4.78 is 5.82. The molecule has 0 unspecified atom stereocenters. The highest BCUT2D eigenvalue weighted by Gasteiger charge is 2.14. The van der Waals surface area contributed by atoms with Crippen molar-refractivity contribution in [1.29, 1.82) is 0 Å². The minimum atomic E-state index is -0.394. The Balaban J connectivity index is 2.21. The maximum atomic E-state index is 11.0. The van der Waals surface area contributed by atoms with Crippen molar-refractivity contribution >= 4 is 11.4 Å².